The number of alkyl carbamates (subject to hydrolysis) is 2. The molecule has 0 atom stereocenters. The van der Waals surface area contributed by atoms with Gasteiger partial charge in [0.2, 0.25) is 12.8 Å². The Hall–Kier alpha value is -0.230. The highest BCUT2D eigenvalue weighted by atomic mass is 32.2. The maximum absolute atomic E-state index is 11.7. The van der Waals surface area contributed by atoms with Crippen LogP contribution in [0, 0.1) is 0 Å². The molecule has 2 amide bonds. The Balaban J connectivity index is 3.29. The molecule has 21 heteroatoms. The second-order valence-corrected chi connectivity index (χ2v) is 15.1. The third-order valence-corrected chi connectivity index (χ3v) is 10.2. The number of amides is 2. The number of hydrogen-bond acceptors (Lipinski definition) is 19. The summed E-state index contributed by atoms with van der Waals surface area (Å²) in [7, 11) is 0. The minimum absolute atomic E-state index is 0.0583. The molecule has 0 radical (unpaired) electrons. The molecule has 0 rings (SSSR count). The average Bonchev–Trinajstić information content (AvgIpc) is 3.00. The van der Waals surface area contributed by atoms with Gasteiger partial charge in [0.05, 0.1) is 25.0 Å². The minimum Gasteiger partial charge on any atom is -0.449 e. The zero-order valence-corrected chi connectivity index (χ0v) is 29.5. The van der Waals surface area contributed by atoms with Crippen molar-refractivity contribution in [3.05, 3.63) is 0 Å². The molecular weight excluding hydrogens is 705 g/mol. The van der Waals surface area contributed by atoms with Gasteiger partial charge in [0, 0.05) is 57.8 Å². The molecule has 0 aliphatic rings. The summed E-state index contributed by atoms with van der Waals surface area (Å²) in [6.45, 7) is 2.85. The molecule has 14 nitrogen and oxygen atoms in total. The Morgan fingerprint density at radius 1 is 0.605 bits per heavy atom. The van der Waals surface area contributed by atoms with E-state index in [4.69, 9.17) is 39.2 Å². The van der Waals surface area contributed by atoms with Crippen LogP contribution in [-0.2, 0) is 29.0 Å². The minimum atomic E-state index is -0.446. The number of nitrogens with zero attached hydrogens (tertiary/aromatic N) is 2. The summed E-state index contributed by atoms with van der Waals surface area (Å²) in [6.07, 6.45) is 1.64. The predicted octanol–water partition coefficient (Wildman–Crippen LogP) is 3.25. The number of carbonyl (C=O) groups is 2. The average molecular weight is 747 g/mol. The van der Waals surface area contributed by atoms with E-state index in [9.17, 15) is 9.59 Å². The van der Waals surface area contributed by atoms with Crippen LogP contribution in [0.2, 0.25) is 0 Å². The first-order valence-electron chi connectivity index (χ1n) is 12.8. The molecule has 0 saturated carbocycles. The lowest BCUT2D eigenvalue weighted by molar-refractivity contribution is -0.210. The Bertz CT molecular complexity index is 694. The molecule has 0 aromatic rings. The highest BCUT2D eigenvalue weighted by Crippen LogP contribution is 2.11. The number of aliphatic imine (C=N–C) groups is 2. The molecular formula is C22H42N4O10S7. The first-order chi connectivity index (χ1) is 21.2. The number of hydrogen-bond donors (Lipinski definition) is 4. The number of thioether (sulfide) groups is 7. The summed E-state index contributed by atoms with van der Waals surface area (Å²) in [5, 5.41) is 24.0. The summed E-state index contributed by atoms with van der Waals surface area (Å²) in [5.41, 5.74) is 0. The zero-order valence-electron chi connectivity index (χ0n) is 23.8. The zero-order chi connectivity index (χ0) is 31.3. The topological polar surface area (TPSA) is 179 Å². The number of rotatable bonds is 32. The van der Waals surface area contributed by atoms with Gasteiger partial charge in [-0.2, -0.15) is 45.1 Å². The van der Waals surface area contributed by atoms with Crippen LogP contribution in [-0.4, -0.2) is 143 Å². The van der Waals surface area contributed by atoms with Crippen LogP contribution in [0.3, 0.4) is 0 Å². The number of aliphatic hydroxyl groups excluding tert-OH is 2. The van der Waals surface area contributed by atoms with Gasteiger partial charge >= 0.3 is 12.2 Å². The van der Waals surface area contributed by atoms with Crippen LogP contribution in [0.25, 0.3) is 0 Å². The lowest BCUT2D eigenvalue weighted by atomic mass is 10.7. The first-order valence-corrected chi connectivity index (χ1v) is 20.9. The van der Waals surface area contributed by atoms with Gasteiger partial charge in [0.1, 0.15) is 25.1 Å². The van der Waals surface area contributed by atoms with Crippen molar-refractivity contribution in [2.75, 3.05) is 108 Å². The van der Waals surface area contributed by atoms with E-state index in [1.54, 1.807) is 35.3 Å². The highest BCUT2D eigenvalue weighted by molar-refractivity contribution is 8.16. The summed E-state index contributed by atoms with van der Waals surface area (Å²) >= 11 is 10.5. The van der Waals surface area contributed by atoms with Gasteiger partial charge < -0.3 is 40.1 Å². The van der Waals surface area contributed by atoms with Gasteiger partial charge in [0.25, 0.3) is 0 Å². The van der Waals surface area contributed by atoms with Crippen LogP contribution < -0.4 is 10.6 Å². The number of ether oxygens (including phenoxy) is 2. The number of aliphatic hydroxyl groups is 2. The van der Waals surface area contributed by atoms with Crippen molar-refractivity contribution in [3.63, 3.8) is 0 Å². The summed E-state index contributed by atoms with van der Waals surface area (Å²) in [4.78, 5) is 50.8. The lowest BCUT2D eigenvalue weighted by Gasteiger charge is -2.06. The quantitative estimate of drug-likeness (QED) is 0.0197. The van der Waals surface area contributed by atoms with E-state index < -0.39 is 12.2 Å². The van der Waals surface area contributed by atoms with Gasteiger partial charge in [0.15, 0.2) is 0 Å². The fourth-order valence-corrected chi connectivity index (χ4v) is 6.43. The Morgan fingerprint density at radius 3 is 1.77 bits per heavy atom. The molecule has 0 saturated heterocycles. The summed E-state index contributed by atoms with van der Waals surface area (Å²) < 4.78 is 10.1. The van der Waals surface area contributed by atoms with E-state index in [1.807, 2.05) is 0 Å². The lowest BCUT2D eigenvalue weighted by Crippen LogP contribution is -2.27. The number of carbonyl (C=O) groups excluding carboxylic acids is 2. The van der Waals surface area contributed by atoms with Crippen molar-refractivity contribution >= 4 is 107 Å². The Labute approximate surface area is 283 Å². The van der Waals surface area contributed by atoms with Crippen molar-refractivity contribution < 1.29 is 48.8 Å². The molecule has 0 unspecified atom stereocenters. The van der Waals surface area contributed by atoms with Gasteiger partial charge in [-0.15, -0.1) is 47.0 Å². The predicted molar refractivity (Wildman–Crippen MR) is 186 cm³/mol. The molecule has 0 aliphatic carbocycles. The molecule has 4 N–H and O–H groups in total. The third-order valence-electron chi connectivity index (χ3n) is 3.82. The monoisotopic (exact) mass is 746 g/mol. The SMILES string of the molecule is O=C(NCCSCCN=COOCSCSCO)OCCSCCOOC=NCCSCCNC(=O)OCSCSCO. The second-order valence-electron chi connectivity index (χ2n) is 6.96. The first kappa shape index (κ1) is 42.8. The van der Waals surface area contributed by atoms with Gasteiger partial charge in [-0.1, -0.05) is 0 Å². The van der Waals surface area contributed by atoms with Crippen LogP contribution in [0.15, 0.2) is 9.98 Å². The maximum atomic E-state index is 11.7. The normalized spacial score (nSPS) is 11.2. The summed E-state index contributed by atoms with van der Waals surface area (Å²) in [5.74, 6) is 5.17. The molecule has 43 heavy (non-hydrogen) atoms. The molecule has 0 aromatic heterocycles. The number of nitrogens with one attached hydrogen (secondary N) is 2. The van der Waals surface area contributed by atoms with E-state index in [-0.39, 0.29) is 17.8 Å². The summed E-state index contributed by atoms with van der Waals surface area (Å²) in [6, 6.07) is 0. The van der Waals surface area contributed by atoms with Crippen molar-refractivity contribution in [2.24, 2.45) is 9.98 Å². The van der Waals surface area contributed by atoms with Crippen LogP contribution >= 0.6 is 82.3 Å². The fraction of sp³-hybridized carbons (Fsp3) is 0.818. The van der Waals surface area contributed by atoms with Crippen LogP contribution in [0.1, 0.15) is 0 Å². The Morgan fingerprint density at radius 2 is 1.14 bits per heavy atom. The molecule has 252 valence electrons. The van der Waals surface area contributed by atoms with Crippen molar-refractivity contribution in [2.45, 2.75) is 0 Å². The van der Waals surface area contributed by atoms with E-state index in [0.717, 1.165) is 28.1 Å². The van der Waals surface area contributed by atoms with Gasteiger partial charge in [-0.3, -0.25) is 9.98 Å². The Kier molecular flexibility index (Phi) is 37.8. The largest absolute Gasteiger partial charge is 0.449 e. The fourth-order valence-electron chi connectivity index (χ4n) is 2.07. The smallest absolute Gasteiger partial charge is 0.407 e. The van der Waals surface area contributed by atoms with Crippen LogP contribution in [0.4, 0.5) is 9.59 Å². The van der Waals surface area contributed by atoms with Crippen molar-refractivity contribution in [1.29, 1.82) is 0 Å². The molecule has 0 heterocycles. The van der Waals surface area contributed by atoms with Crippen molar-refractivity contribution in [3.8, 4) is 0 Å². The van der Waals surface area contributed by atoms with E-state index in [2.05, 4.69) is 20.6 Å². The third kappa shape index (κ3) is 37.9. The van der Waals surface area contributed by atoms with Crippen LogP contribution in [0.5, 0.6) is 0 Å². The molecule has 0 aromatic carbocycles. The molecule has 0 aliphatic heterocycles. The van der Waals surface area contributed by atoms with Crippen molar-refractivity contribution in [1.82, 2.24) is 10.6 Å². The van der Waals surface area contributed by atoms with E-state index in [0.29, 0.717) is 61.9 Å². The van der Waals surface area contributed by atoms with E-state index in [1.165, 1.54) is 59.8 Å². The van der Waals surface area contributed by atoms with Gasteiger partial charge in [-0.25, -0.2) is 9.59 Å². The standard InChI is InChI=1S/C22H42N4O10S7/c27-15-40-19-42-17-32-22(30)26-4-10-38-7-1-23-13-34-33-6-12-39-11-5-31-21(29)25-3-9-37-8-2-24-14-35-36-18-43-20-41-16-28/h13-14,27-28H,1-12,15-20H2,(H,25,29)(H,26,30). The maximum Gasteiger partial charge on any atom is 0.407 e. The second kappa shape index (κ2) is 38.0. The van der Waals surface area contributed by atoms with E-state index >= 15 is 0 Å². The molecule has 0 fully saturated rings. The molecule has 0 spiro atoms. The highest BCUT2D eigenvalue weighted by Gasteiger charge is 2.02. The van der Waals surface area contributed by atoms with Gasteiger partial charge in [-0.05, 0) is 0 Å². The molecule has 0 bridgehead atoms.